The maximum Gasteiger partial charge on any atom is 0.0594 e. The quantitative estimate of drug-likeness (QED) is 0.542. The van der Waals surface area contributed by atoms with Crippen molar-refractivity contribution in [3.8, 4) is 0 Å². The zero-order chi connectivity index (χ0) is 7.40. The highest BCUT2D eigenvalue weighted by molar-refractivity contribution is 14.1. The molecule has 1 aliphatic rings. The van der Waals surface area contributed by atoms with E-state index in [0.717, 1.165) is 32.3 Å². The summed E-state index contributed by atoms with van der Waals surface area (Å²) in [6.07, 6.45) is 0. The van der Waals surface area contributed by atoms with E-state index in [4.69, 9.17) is 4.74 Å². The molecule has 60 valence electrons. The molecule has 10 heavy (non-hydrogen) atoms. The Hall–Kier alpha value is 0.650. The third kappa shape index (κ3) is 2.36. The van der Waals surface area contributed by atoms with Crippen LogP contribution >= 0.6 is 22.6 Å². The molecule has 1 unspecified atom stereocenters. The van der Waals surface area contributed by atoms with Crippen LogP contribution in [0.25, 0.3) is 0 Å². The second kappa shape index (κ2) is 4.51. The van der Waals surface area contributed by atoms with Crippen LogP contribution in [-0.4, -0.2) is 41.7 Å². The van der Waals surface area contributed by atoms with Gasteiger partial charge in [-0.05, 0) is 6.92 Å². The largest absolute Gasteiger partial charge is 0.379 e. The molecule has 0 aromatic carbocycles. The van der Waals surface area contributed by atoms with Crippen LogP contribution in [0.3, 0.4) is 0 Å². The van der Waals surface area contributed by atoms with E-state index in [1.165, 1.54) is 4.43 Å². The number of rotatable bonds is 2. The van der Waals surface area contributed by atoms with Crippen molar-refractivity contribution in [2.45, 2.75) is 13.0 Å². The summed E-state index contributed by atoms with van der Waals surface area (Å²) in [5.41, 5.74) is 0. The van der Waals surface area contributed by atoms with E-state index >= 15 is 0 Å². The summed E-state index contributed by atoms with van der Waals surface area (Å²) < 4.78 is 6.47. The van der Waals surface area contributed by atoms with Crippen LogP contribution in [-0.2, 0) is 4.74 Å². The average Bonchev–Trinajstić information content (AvgIpc) is 2.05. The van der Waals surface area contributed by atoms with Gasteiger partial charge in [0.15, 0.2) is 0 Å². The van der Waals surface area contributed by atoms with E-state index in [0.29, 0.717) is 0 Å². The van der Waals surface area contributed by atoms with E-state index in [1.54, 1.807) is 0 Å². The summed E-state index contributed by atoms with van der Waals surface area (Å²) >= 11 is 2.43. The molecule has 0 aromatic rings. The van der Waals surface area contributed by atoms with Crippen molar-refractivity contribution in [3.05, 3.63) is 0 Å². The molecule has 0 saturated carbocycles. The summed E-state index contributed by atoms with van der Waals surface area (Å²) in [6.45, 7) is 6.34. The van der Waals surface area contributed by atoms with Gasteiger partial charge in [0.05, 0.1) is 13.2 Å². The van der Waals surface area contributed by atoms with Crippen LogP contribution in [0.5, 0.6) is 0 Å². The van der Waals surface area contributed by atoms with Crippen molar-refractivity contribution in [3.63, 3.8) is 0 Å². The van der Waals surface area contributed by atoms with Crippen molar-refractivity contribution >= 4 is 22.6 Å². The van der Waals surface area contributed by atoms with Crippen LogP contribution in [0.2, 0.25) is 0 Å². The lowest BCUT2D eigenvalue weighted by Crippen LogP contribution is -2.42. The van der Waals surface area contributed by atoms with Crippen LogP contribution in [0.4, 0.5) is 0 Å². The first-order chi connectivity index (χ1) is 4.84. The SMILES string of the molecule is CC(CI)N1CCOCC1. The number of hydrogen-bond donors (Lipinski definition) is 0. The average molecular weight is 255 g/mol. The first kappa shape index (κ1) is 8.74. The lowest BCUT2D eigenvalue weighted by Gasteiger charge is -2.31. The van der Waals surface area contributed by atoms with Gasteiger partial charge in [0.25, 0.3) is 0 Å². The van der Waals surface area contributed by atoms with Crippen LogP contribution in [0.15, 0.2) is 0 Å². The van der Waals surface area contributed by atoms with Gasteiger partial charge in [0, 0.05) is 23.6 Å². The second-order valence-electron chi connectivity index (χ2n) is 2.65. The maximum absolute atomic E-state index is 5.25. The van der Waals surface area contributed by atoms with E-state index in [9.17, 15) is 0 Å². The predicted octanol–water partition coefficient (Wildman–Crippen LogP) is 1.14. The minimum Gasteiger partial charge on any atom is -0.379 e. The van der Waals surface area contributed by atoms with Gasteiger partial charge in [-0.25, -0.2) is 0 Å². The van der Waals surface area contributed by atoms with Crippen molar-refractivity contribution in [1.82, 2.24) is 4.90 Å². The highest BCUT2D eigenvalue weighted by Crippen LogP contribution is 2.05. The smallest absolute Gasteiger partial charge is 0.0594 e. The number of nitrogens with zero attached hydrogens (tertiary/aromatic N) is 1. The Morgan fingerprint density at radius 3 is 2.60 bits per heavy atom. The molecule has 1 fully saturated rings. The third-order valence-electron chi connectivity index (χ3n) is 1.89. The minimum absolute atomic E-state index is 0.726. The van der Waals surface area contributed by atoms with Gasteiger partial charge in [0.1, 0.15) is 0 Å². The van der Waals surface area contributed by atoms with Gasteiger partial charge in [-0.3, -0.25) is 4.90 Å². The summed E-state index contributed by atoms with van der Waals surface area (Å²) in [6, 6.07) is 0.726. The fourth-order valence-electron chi connectivity index (χ4n) is 1.12. The molecule has 1 atom stereocenters. The molecule has 2 nitrogen and oxygen atoms in total. The molecular formula is C7H14INO. The molecule has 0 N–H and O–H groups in total. The lowest BCUT2D eigenvalue weighted by molar-refractivity contribution is 0.0251. The summed E-state index contributed by atoms with van der Waals surface area (Å²) in [5, 5.41) is 0. The van der Waals surface area contributed by atoms with Crippen LogP contribution < -0.4 is 0 Å². The van der Waals surface area contributed by atoms with Crippen molar-refractivity contribution in [2.75, 3.05) is 30.7 Å². The van der Waals surface area contributed by atoms with Crippen molar-refractivity contribution in [2.24, 2.45) is 0 Å². The second-order valence-corrected chi connectivity index (χ2v) is 3.53. The van der Waals surface area contributed by atoms with Gasteiger partial charge in [-0.1, -0.05) is 22.6 Å². The normalized spacial score (nSPS) is 24.6. The predicted molar refractivity (Wildman–Crippen MR) is 50.7 cm³/mol. The fraction of sp³-hybridized carbons (Fsp3) is 1.00. The molecule has 1 rings (SSSR count). The number of hydrogen-bond acceptors (Lipinski definition) is 2. The molecule has 0 radical (unpaired) electrons. The van der Waals surface area contributed by atoms with E-state index in [1.807, 2.05) is 0 Å². The lowest BCUT2D eigenvalue weighted by atomic mass is 10.3. The first-order valence-electron chi connectivity index (χ1n) is 3.72. The van der Waals surface area contributed by atoms with Gasteiger partial charge in [-0.2, -0.15) is 0 Å². The number of alkyl halides is 1. The molecule has 0 amide bonds. The Kier molecular flexibility index (Phi) is 3.95. The number of halogens is 1. The summed E-state index contributed by atoms with van der Waals surface area (Å²) in [4.78, 5) is 2.48. The Morgan fingerprint density at radius 2 is 2.10 bits per heavy atom. The molecule has 1 heterocycles. The van der Waals surface area contributed by atoms with Gasteiger partial charge in [0.2, 0.25) is 0 Å². The highest BCUT2D eigenvalue weighted by atomic mass is 127. The van der Waals surface area contributed by atoms with Crippen molar-refractivity contribution in [1.29, 1.82) is 0 Å². The van der Waals surface area contributed by atoms with E-state index in [-0.39, 0.29) is 0 Å². The number of ether oxygens (including phenoxy) is 1. The standard InChI is InChI=1S/C7H14INO/c1-7(6-8)9-2-4-10-5-3-9/h7H,2-6H2,1H3. The van der Waals surface area contributed by atoms with E-state index in [2.05, 4.69) is 34.4 Å². The minimum atomic E-state index is 0.726. The zero-order valence-corrected chi connectivity index (χ0v) is 8.50. The van der Waals surface area contributed by atoms with Crippen LogP contribution in [0, 0.1) is 0 Å². The van der Waals surface area contributed by atoms with Crippen LogP contribution in [0.1, 0.15) is 6.92 Å². The Labute approximate surface area is 76.1 Å². The Bertz CT molecular complexity index is 93.6. The molecule has 0 spiro atoms. The molecule has 0 aliphatic carbocycles. The zero-order valence-electron chi connectivity index (χ0n) is 6.35. The Balaban J connectivity index is 2.24. The van der Waals surface area contributed by atoms with Crippen molar-refractivity contribution < 1.29 is 4.74 Å². The molecule has 3 heteroatoms. The molecule has 1 saturated heterocycles. The monoisotopic (exact) mass is 255 g/mol. The highest BCUT2D eigenvalue weighted by Gasteiger charge is 2.14. The molecule has 0 aromatic heterocycles. The molecule has 0 bridgehead atoms. The molecular weight excluding hydrogens is 241 g/mol. The topological polar surface area (TPSA) is 12.5 Å². The first-order valence-corrected chi connectivity index (χ1v) is 5.25. The Morgan fingerprint density at radius 1 is 1.50 bits per heavy atom. The van der Waals surface area contributed by atoms with Gasteiger partial charge < -0.3 is 4.74 Å². The maximum atomic E-state index is 5.25. The molecule has 1 aliphatic heterocycles. The fourth-order valence-corrected chi connectivity index (χ4v) is 1.67. The van der Waals surface area contributed by atoms with Gasteiger partial charge >= 0.3 is 0 Å². The van der Waals surface area contributed by atoms with E-state index < -0.39 is 0 Å². The summed E-state index contributed by atoms with van der Waals surface area (Å²) in [7, 11) is 0. The summed E-state index contributed by atoms with van der Waals surface area (Å²) in [5.74, 6) is 0. The third-order valence-corrected chi connectivity index (χ3v) is 3.17. The number of morpholine rings is 1. The van der Waals surface area contributed by atoms with Gasteiger partial charge in [-0.15, -0.1) is 0 Å².